The van der Waals surface area contributed by atoms with E-state index in [-0.39, 0.29) is 12.6 Å². The van der Waals surface area contributed by atoms with Crippen molar-refractivity contribution in [3.05, 3.63) is 24.4 Å². The number of nitrogens with zero attached hydrogens (tertiary/aromatic N) is 1. The smallest absolute Gasteiger partial charge is 0.126 e. The van der Waals surface area contributed by atoms with Gasteiger partial charge < -0.3 is 10.4 Å². The third kappa shape index (κ3) is 2.88. The largest absolute Gasteiger partial charge is 0.396 e. The lowest BCUT2D eigenvalue weighted by Gasteiger charge is -2.12. The average Bonchev–Trinajstić information content (AvgIpc) is 2.06. The summed E-state index contributed by atoms with van der Waals surface area (Å²) in [5.74, 6) is 0.860. The monoisotopic (exact) mass is 166 g/mol. The molecule has 1 aromatic rings. The van der Waals surface area contributed by atoms with E-state index in [9.17, 15) is 0 Å². The molecule has 0 aromatic carbocycles. The third-order valence-corrected chi connectivity index (χ3v) is 1.62. The van der Waals surface area contributed by atoms with E-state index in [1.165, 1.54) is 0 Å². The van der Waals surface area contributed by atoms with Crippen LogP contribution in [0.4, 0.5) is 5.82 Å². The second-order valence-electron chi connectivity index (χ2n) is 2.77. The zero-order chi connectivity index (χ0) is 8.81. The fourth-order valence-corrected chi connectivity index (χ4v) is 0.966. The van der Waals surface area contributed by atoms with Crippen LogP contribution in [-0.2, 0) is 0 Å². The number of aliphatic hydroxyl groups is 1. The van der Waals surface area contributed by atoms with Crippen LogP contribution in [0.2, 0.25) is 0 Å². The third-order valence-electron chi connectivity index (χ3n) is 1.62. The normalized spacial score (nSPS) is 12.5. The number of pyridine rings is 1. The Kier molecular flexibility index (Phi) is 3.54. The van der Waals surface area contributed by atoms with Gasteiger partial charge in [-0.2, -0.15) is 0 Å². The van der Waals surface area contributed by atoms with Crippen LogP contribution in [0.25, 0.3) is 0 Å². The topological polar surface area (TPSA) is 45.1 Å². The van der Waals surface area contributed by atoms with Gasteiger partial charge in [-0.25, -0.2) is 4.98 Å². The molecule has 1 heterocycles. The SMILES string of the molecule is CC(CCO)Nc1ccccn1. The highest BCUT2D eigenvalue weighted by atomic mass is 16.3. The highest BCUT2D eigenvalue weighted by molar-refractivity contribution is 5.33. The summed E-state index contributed by atoms with van der Waals surface area (Å²) in [5.41, 5.74) is 0. The molecule has 0 fully saturated rings. The van der Waals surface area contributed by atoms with Crippen LogP contribution < -0.4 is 5.32 Å². The molecule has 66 valence electrons. The lowest BCUT2D eigenvalue weighted by atomic mass is 10.2. The van der Waals surface area contributed by atoms with Crippen LogP contribution in [0.1, 0.15) is 13.3 Å². The number of nitrogens with one attached hydrogen (secondary N) is 1. The van der Waals surface area contributed by atoms with Crippen molar-refractivity contribution in [1.82, 2.24) is 4.98 Å². The Hall–Kier alpha value is -1.09. The Bertz CT molecular complexity index is 213. The van der Waals surface area contributed by atoms with Crippen molar-refractivity contribution < 1.29 is 5.11 Å². The van der Waals surface area contributed by atoms with Gasteiger partial charge in [0.2, 0.25) is 0 Å². The average molecular weight is 166 g/mol. The number of aliphatic hydroxyl groups excluding tert-OH is 1. The van der Waals surface area contributed by atoms with E-state index in [4.69, 9.17) is 5.11 Å². The number of anilines is 1. The van der Waals surface area contributed by atoms with Crippen molar-refractivity contribution in [3.63, 3.8) is 0 Å². The summed E-state index contributed by atoms with van der Waals surface area (Å²) in [6.45, 7) is 2.23. The molecule has 0 aliphatic heterocycles. The second-order valence-corrected chi connectivity index (χ2v) is 2.77. The van der Waals surface area contributed by atoms with Crippen molar-refractivity contribution in [2.24, 2.45) is 0 Å². The summed E-state index contributed by atoms with van der Waals surface area (Å²) in [5, 5.41) is 11.8. The molecule has 0 spiro atoms. The van der Waals surface area contributed by atoms with Crippen LogP contribution in [-0.4, -0.2) is 22.7 Å². The predicted molar refractivity (Wildman–Crippen MR) is 49.0 cm³/mol. The second kappa shape index (κ2) is 4.72. The molecule has 0 bridgehead atoms. The van der Waals surface area contributed by atoms with Crippen LogP contribution in [0.15, 0.2) is 24.4 Å². The van der Waals surface area contributed by atoms with Gasteiger partial charge in [-0.05, 0) is 25.5 Å². The summed E-state index contributed by atoms with van der Waals surface area (Å²) in [6.07, 6.45) is 2.49. The highest BCUT2D eigenvalue weighted by Gasteiger charge is 1.99. The van der Waals surface area contributed by atoms with Gasteiger partial charge in [0.1, 0.15) is 5.82 Å². The van der Waals surface area contributed by atoms with E-state index in [0.717, 1.165) is 12.2 Å². The molecule has 0 saturated carbocycles. The van der Waals surface area contributed by atoms with Crippen LogP contribution in [0.5, 0.6) is 0 Å². The number of rotatable bonds is 4. The molecule has 2 N–H and O–H groups in total. The first kappa shape index (κ1) is 9.00. The first-order valence-electron chi connectivity index (χ1n) is 4.11. The molecule has 1 rings (SSSR count). The van der Waals surface area contributed by atoms with Crippen molar-refractivity contribution in [2.45, 2.75) is 19.4 Å². The van der Waals surface area contributed by atoms with Crippen LogP contribution in [0.3, 0.4) is 0 Å². The molecule has 0 aliphatic rings. The van der Waals surface area contributed by atoms with Gasteiger partial charge in [0.05, 0.1) is 0 Å². The van der Waals surface area contributed by atoms with E-state index in [0.29, 0.717) is 0 Å². The molecule has 3 nitrogen and oxygen atoms in total. The van der Waals surface area contributed by atoms with E-state index in [1.54, 1.807) is 6.20 Å². The summed E-state index contributed by atoms with van der Waals surface area (Å²) < 4.78 is 0. The highest BCUT2D eigenvalue weighted by Crippen LogP contribution is 2.03. The molecule has 1 atom stereocenters. The minimum absolute atomic E-state index is 0.209. The summed E-state index contributed by atoms with van der Waals surface area (Å²) in [7, 11) is 0. The van der Waals surface area contributed by atoms with Gasteiger partial charge in [0.15, 0.2) is 0 Å². The molecule has 12 heavy (non-hydrogen) atoms. The molecule has 1 unspecified atom stereocenters. The lowest BCUT2D eigenvalue weighted by molar-refractivity contribution is 0.282. The van der Waals surface area contributed by atoms with Gasteiger partial charge in [-0.1, -0.05) is 6.07 Å². The van der Waals surface area contributed by atoms with Gasteiger partial charge in [0.25, 0.3) is 0 Å². The van der Waals surface area contributed by atoms with Crippen LogP contribution >= 0.6 is 0 Å². The predicted octanol–water partition coefficient (Wildman–Crippen LogP) is 1.26. The van der Waals surface area contributed by atoms with Gasteiger partial charge in [-0.3, -0.25) is 0 Å². The quantitative estimate of drug-likeness (QED) is 0.708. The van der Waals surface area contributed by atoms with Crippen molar-refractivity contribution in [3.8, 4) is 0 Å². The standard InChI is InChI=1S/C9H14N2O/c1-8(5-7-12)11-9-4-2-3-6-10-9/h2-4,6,8,12H,5,7H2,1H3,(H,10,11). The Morgan fingerprint density at radius 3 is 3.00 bits per heavy atom. The Morgan fingerprint density at radius 1 is 1.58 bits per heavy atom. The molecule has 0 amide bonds. The maximum atomic E-state index is 8.65. The zero-order valence-electron chi connectivity index (χ0n) is 7.20. The lowest BCUT2D eigenvalue weighted by Crippen LogP contribution is -2.17. The van der Waals surface area contributed by atoms with Crippen molar-refractivity contribution >= 4 is 5.82 Å². The van der Waals surface area contributed by atoms with Gasteiger partial charge >= 0.3 is 0 Å². The Balaban J connectivity index is 2.41. The summed E-state index contributed by atoms with van der Waals surface area (Å²) >= 11 is 0. The molecular weight excluding hydrogens is 152 g/mol. The summed E-state index contributed by atoms with van der Waals surface area (Å²) in [6, 6.07) is 5.99. The fraction of sp³-hybridized carbons (Fsp3) is 0.444. The molecule has 3 heteroatoms. The van der Waals surface area contributed by atoms with E-state index < -0.39 is 0 Å². The Labute approximate surface area is 72.5 Å². The minimum Gasteiger partial charge on any atom is -0.396 e. The fourth-order valence-electron chi connectivity index (χ4n) is 0.966. The van der Waals surface area contributed by atoms with E-state index >= 15 is 0 Å². The van der Waals surface area contributed by atoms with E-state index in [1.807, 2.05) is 25.1 Å². The first-order chi connectivity index (χ1) is 5.83. The Morgan fingerprint density at radius 2 is 2.42 bits per heavy atom. The number of hydrogen-bond acceptors (Lipinski definition) is 3. The van der Waals surface area contributed by atoms with Crippen LogP contribution in [0, 0.1) is 0 Å². The van der Waals surface area contributed by atoms with Crippen molar-refractivity contribution in [1.29, 1.82) is 0 Å². The zero-order valence-corrected chi connectivity index (χ0v) is 7.20. The maximum Gasteiger partial charge on any atom is 0.126 e. The molecule has 0 aliphatic carbocycles. The number of hydrogen-bond donors (Lipinski definition) is 2. The number of aromatic nitrogens is 1. The molecular formula is C9H14N2O. The van der Waals surface area contributed by atoms with Gasteiger partial charge in [-0.15, -0.1) is 0 Å². The minimum atomic E-state index is 0.209. The summed E-state index contributed by atoms with van der Waals surface area (Å²) in [4.78, 5) is 4.11. The first-order valence-corrected chi connectivity index (χ1v) is 4.11. The molecule has 0 radical (unpaired) electrons. The molecule has 0 saturated heterocycles. The molecule has 1 aromatic heterocycles. The van der Waals surface area contributed by atoms with Crippen molar-refractivity contribution in [2.75, 3.05) is 11.9 Å². The van der Waals surface area contributed by atoms with E-state index in [2.05, 4.69) is 10.3 Å². The maximum absolute atomic E-state index is 8.65. The van der Waals surface area contributed by atoms with Gasteiger partial charge in [0, 0.05) is 18.8 Å².